The van der Waals surface area contributed by atoms with Crippen molar-refractivity contribution < 1.29 is 4.90 Å². The number of nitrogens with one attached hydrogen (secondary N) is 1. The Kier molecular flexibility index (Phi) is 9.22. The van der Waals surface area contributed by atoms with Crippen molar-refractivity contribution in [3.05, 3.63) is 84.6 Å². The van der Waals surface area contributed by atoms with Crippen molar-refractivity contribution in [1.82, 2.24) is 0 Å². The van der Waals surface area contributed by atoms with E-state index in [9.17, 15) is 20.3 Å². The number of anilines is 1. The fraction of sp³-hybridized carbons (Fsp3) is 0.406. The molecule has 198 valence electrons. The lowest BCUT2D eigenvalue weighted by Gasteiger charge is -2.28. The van der Waals surface area contributed by atoms with Gasteiger partial charge in [-0.05, 0) is 55.7 Å². The molecule has 0 saturated carbocycles. The zero-order valence-electron chi connectivity index (χ0n) is 23.4. The Morgan fingerprint density at radius 3 is 2.24 bits per heavy atom. The Morgan fingerprint density at radius 1 is 1.03 bits per heavy atom. The summed E-state index contributed by atoms with van der Waals surface area (Å²) in [5, 5.41) is 20.8. The highest BCUT2D eigenvalue weighted by Crippen LogP contribution is 2.51. The first kappa shape index (κ1) is 28.8. The van der Waals surface area contributed by atoms with E-state index in [0.717, 1.165) is 41.5 Å². The largest absolute Gasteiger partial charge is 0.762 e. The molecule has 0 radical (unpaired) electrons. The van der Waals surface area contributed by atoms with Gasteiger partial charge in [-0.3, -0.25) is 9.59 Å². The van der Waals surface area contributed by atoms with Crippen LogP contribution in [0.5, 0.6) is 0 Å². The van der Waals surface area contributed by atoms with Crippen LogP contribution in [0.3, 0.4) is 0 Å². The van der Waals surface area contributed by atoms with E-state index in [2.05, 4.69) is 70.7 Å². The zero-order chi connectivity index (χ0) is 28.0. The van der Waals surface area contributed by atoms with Gasteiger partial charge >= 0.3 is 0 Å². The van der Waals surface area contributed by atoms with E-state index in [1.54, 1.807) is 22.9 Å². The van der Waals surface area contributed by atoms with Gasteiger partial charge in [0.25, 0.3) is 0 Å². The van der Waals surface area contributed by atoms with Crippen LogP contribution < -0.4 is 20.7 Å². The molecule has 0 unspecified atom stereocenters. The molecule has 1 heterocycles. The first-order valence-electron chi connectivity index (χ1n) is 13.6. The summed E-state index contributed by atoms with van der Waals surface area (Å²) >= 11 is 0. The highest BCUT2D eigenvalue weighted by molar-refractivity contribution is 6.02. The molecule has 0 spiro atoms. The molecule has 3 aromatic carbocycles. The van der Waals surface area contributed by atoms with Crippen molar-refractivity contribution in [2.24, 2.45) is 0 Å². The van der Waals surface area contributed by atoms with E-state index < -0.39 is 16.3 Å². The smallest absolute Gasteiger partial charge is 0.236 e. The molecule has 0 amide bonds. The molecule has 0 atom stereocenters. The predicted molar refractivity (Wildman–Crippen MR) is 159 cm³/mol. The van der Waals surface area contributed by atoms with Crippen LogP contribution in [0.4, 0.5) is 5.69 Å². The van der Waals surface area contributed by atoms with Gasteiger partial charge in [0.2, 0.25) is 10.9 Å². The number of nitrogens with zero attached hydrogens (tertiary/aromatic N) is 3. The SMILES string of the molecule is CCCCN1/C(=C/c2c(C(=C=[N-])C#N)c(=O)c2=O)C(C)(C)c2c1ccc1ccccc21.CC[NH+](CC)CC. The number of unbranched alkanes of at least 4 members (excludes halogenated alkanes) is 1. The maximum atomic E-state index is 12.4. The number of allylic oxidation sites excluding steroid dienone is 2. The van der Waals surface area contributed by atoms with Gasteiger partial charge in [-0.2, -0.15) is 5.26 Å². The molecule has 0 aliphatic carbocycles. The molecule has 1 aliphatic rings. The third-order valence-corrected chi connectivity index (χ3v) is 7.69. The predicted octanol–water partition coefficient (Wildman–Crippen LogP) is 4.45. The molecule has 6 heteroatoms. The maximum Gasteiger partial charge on any atom is 0.236 e. The Balaban J connectivity index is 0.000000505. The minimum absolute atomic E-state index is 0.0606. The number of rotatable bonds is 8. The standard InChI is InChI=1S/C26H22N3O2.C6H15N/c1-4-5-12-29-20-11-10-16-8-6-7-9-18(16)23(20)26(2,3)21(29)13-19-22(17(14-27)15-28)25(31)24(19)30;1-4-7(5-2)6-3/h6-11,13H,4-5,12H2,1-3H3;4-6H2,1-3H3/q-1;/p+1/b21-13+;. The van der Waals surface area contributed by atoms with Crippen LogP contribution in [0.2, 0.25) is 0 Å². The first-order chi connectivity index (χ1) is 18.2. The Labute approximate surface area is 225 Å². The summed E-state index contributed by atoms with van der Waals surface area (Å²) in [5.74, 6) is 1.75. The molecule has 1 N–H and O–H groups in total. The number of fused-ring (bicyclic) bond motifs is 3. The molecule has 4 rings (SSSR count). The van der Waals surface area contributed by atoms with Crippen LogP contribution in [-0.4, -0.2) is 32.0 Å². The minimum atomic E-state index is -0.760. The summed E-state index contributed by atoms with van der Waals surface area (Å²) in [5.41, 5.74) is 1.12. The third-order valence-electron chi connectivity index (χ3n) is 7.69. The van der Waals surface area contributed by atoms with Gasteiger partial charge < -0.3 is 15.2 Å². The molecule has 38 heavy (non-hydrogen) atoms. The van der Waals surface area contributed by atoms with E-state index in [-0.39, 0.29) is 16.7 Å². The molecule has 0 bridgehead atoms. The number of quaternary nitrogens is 1. The third kappa shape index (κ3) is 5.13. The Bertz CT molecular complexity index is 1500. The van der Waals surface area contributed by atoms with Gasteiger partial charge in [0, 0.05) is 28.9 Å². The molecule has 0 aromatic heterocycles. The lowest BCUT2D eigenvalue weighted by Crippen LogP contribution is -3.11. The van der Waals surface area contributed by atoms with E-state index >= 15 is 0 Å². The summed E-state index contributed by atoms with van der Waals surface area (Å²) in [6, 6.07) is 14.2. The monoisotopic (exact) mass is 510 g/mol. The molecule has 0 saturated heterocycles. The quantitative estimate of drug-likeness (QED) is 0.276. The van der Waals surface area contributed by atoms with Crippen LogP contribution in [0.1, 0.15) is 71.1 Å². The second kappa shape index (κ2) is 12.2. The first-order valence-corrected chi connectivity index (χ1v) is 13.6. The van der Waals surface area contributed by atoms with Crippen LogP contribution in [0.25, 0.3) is 27.8 Å². The average molecular weight is 511 g/mol. The molecule has 3 aromatic rings. The summed E-state index contributed by atoms with van der Waals surface area (Å²) in [7, 11) is 0. The summed E-state index contributed by atoms with van der Waals surface area (Å²) in [6.07, 6.45) is 3.70. The van der Waals surface area contributed by atoms with Gasteiger partial charge in [-0.25, -0.2) is 5.87 Å². The Morgan fingerprint density at radius 2 is 1.68 bits per heavy atom. The van der Waals surface area contributed by atoms with Gasteiger partial charge in [0.1, 0.15) is 6.07 Å². The molecule has 0 fully saturated rings. The van der Waals surface area contributed by atoms with Crippen molar-refractivity contribution in [2.75, 3.05) is 31.1 Å². The van der Waals surface area contributed by atoms with Crippen LogP contribution in [-0.2, 0) is 5.41 Å². The average Bonchev–Trinajstić information content (AvgIpc) is 3.16. The minimum Gasteiger partial charge on any atom is -0.762 e. The number of hydrogen-bond acceptors (Lipinski definition) is 4. The Hall–Kier alpha value is -3.78. The van der Waals surface area contributed by atoms with Crippen molar-refractivity contribution in [3.8, 4) is 6.07 Å². The van der Waals surface area contributed by atoms with E-state index in [0.29, 0.717) is 0 Å². The molecule has 6 nitrogen and oxygen atoms in total. The van der Waals surface area contributed by atoms with Crippen molar-refractivity contribution >= 4 is 34.0 Å². The second-order valence-corrected chi connectivity index (χ2v) is 10.2. The summed E-state index contributed by atoms with van der Waals surface area (Å²) in [4.78, 5) is 28.4. The van der Waals surface area contributed by atoms with Gasteiger partial charge in [0.15, 0.2) is 0 Å². The van der Waals surface area contributed by atoms with Crippen molar-refractivity contribution in [2.45, 2.75) is 59.8 Å². The lowest BCUT2D eigenvalue weighted by atomic mass is 9.80. The normalized spacial score (nSPS) is 14.8. The van der Waals surface area contributed by atoms with E-state index in [1.807, 2.05) is 12.1 Å². The number of benzene rings is 2. The van der Waals surface area contributed by atoms with E-state index in [1.165, 1.54) is 25.2 Å². The van der Waals surface area contributed by atoms with Crippen LogP contribution in [0, 0.1) is 11.3 Å². The molecular weight excluding hydrogens is 472 g/mol. The van der Waals surface area contributed by atoms with Crippen LogP contribution in [0.15, 0.2) is 51.7 Å². The van der Waals surface area contributed by atoms with Gasteiger partial charge in [0.05, 0.1) is 30.8 Å². The van der Waals surface area contributed by atoms with Gasteiger partial charge in [-0.15, -0.1) is 0 Å². The second-order valence-electron chi connectivity index (χ2n) is 10.2. The fourth-order valence-electron chi connectivity index (χ4n) is 5.37. The van der Waals surface area contributed by atoms with E-state index in [4.69, 9.17) is 0 Å². The fourth-order valence-corrected chi connectivity index (χ4v) is 5.37. The van der Waals surface area contributed by atoms with Crippen LogP contribution >= 0.6 is 0 Å². The topological polar surface area (TPSA) is 87.9 Å². The lowest BCUT2D eigenvalue weighted by molar-refractivity contribution is -0.894. The number of nitriles is 1. The van der Waals surface area contributed by atoms with Crippen molar-refractivity contribution in [3.63, 3.8) is 0 Å². The highest BCUT2D eigenvalue weighted by Gasteiger charge is 2.41. The highest BCUT2D eigenvalue weighted by atomic mass is 16.2. The molecule has 1 aliphatic heterocycles. The summed E-state index contributed by atoms with van der Waals surface area (Å²) < 4.78 is 0. The van der Waals surface area contributed by atoms with Gasteiger partial charge in [-0.1, -0.05) is 57.5 Å². The summed E-state index contributed by atoms with van der Waals surface area (Å²) in [6.45, 7) is 17.6. The zero-order valence-corrected chi connectivity index (χ0v) is 23.4. The van der Waals surface area contributed by atoms with Crippen molar-refractivity contribution in [1.29, 1.82) is 5.26 Å². The molecular formula is C32H38N4O2. The number of hydrogen-bond donors (Lipinski definition) is 1. The maximum absolute atomic E-state index is 12.4.